The normalized spacial score (nSPS) is 17.0. The summed E-state index contributed by atoms with van der Waals surface area (Å²) in [4.78, 5) is 26.4. The van der Waals surface area contributed by atoms with Crippen LogP contribution in [0, 0.1) is 12.8 Å². The van der Waals surface area contributed by atoms with Gasteiger partial charge >= 0.3 is 0 Å². The van der Waals surface area contributed by atoms with E-state index in [-0.39, 0.29) is 24.2 Å². The lowest BCUT2D eigenvalue weighted by Crippen LogP contribution is -2.32. The molecular weight excluding hydrogens is 312 g/mol. The Morgan fingerprint density at radius 3 is 2.36 bits per heavy atom. The zero-order chi connectivity index (χ0) is 17.8. The largest absolute Gasteiger partial charge is 0.352 e. The van der Waals surface area contributed by atoms with Gasteiger partial charge in [-0.2, -0.15) is 0 Å². The molecule has 1 N–H and O–H groups in total. The molecule has 25 heavy (non-hydrogen) atoms. The molecule has 0 aromatic heterocycles. The van der Waals surface area contributed by atoms with Crippen LogP contribution in [0.1, 0.15) is 30.0 Å². The SMILES string of the molecule is CCc1ccc(CNC(=O)C2CC(=O)N(c3ccc(C)cc3)C2)cc1. The molecule has 3 rings (SSSR count). The molecule has 1 fully saturated rings. The summed E-state index contributed by atoms with van der Waals surface area (Å²) in [5.74, 6) is -0.331. The molecule has 0 spiro atoms. The van der Waals surface area contributed by atoms with E-state index in [1.54, 1.807) is 4.90 Å². The average Bonchev–Trinajstić information content (AvgIpc) is 3.02. The van der Waals surface area contributed by atoms with Crippen LogP contribution >= 0.6 is 0 Å². The van der Waals surface area contributed by atoms with Crippen LogP contribution in [0.3, 0.4) is 0 Å². The number of aryl methyl sites for hydroxylation is 2. The van der Waals surface area contributed by atoms with E-state index in [1.807, 2.05) is 43.3 Å². The summed E-state index contributed by atoms with van der Waals surface area (Å²) in [7, 11) is 0. The summed E-state index contributed by atoms with van der Waals surface area (Å²) in [5, 5.41) is 2.96. The molecule has 1 saturated heterocycles. The van der Waals surface area contributed by atoms with Crippen molar-refractivity contribution in [1.82, 2.24) is 5.32 Å². The molecule has 1 unspecified atom stereocenters. The number of nitrogens with one attached hydrogen (secondary N) is 1. The molecule has 2 aromatic rings. The first-order valence-electron chi connectivity index (χ1n) is 8.79. The molecule has 1 heterocycles. The number of anilines is 1. The Labute approximate surface area is 148 Å². The van der Waals surface area contributed by atoms with Crippen LogP contribution < -0.4 is 10.2 Å². The number of benzene rings is 2. The zero-order valence-corrected chi connectivity index (χ0v) is 14.8. The van der Waals surface area contributed by atoms with Crippen molar-refractivity contribution in [2.24, 2.45) is 5.92 Å². The monoisotopic (exact) mass is 336 g/mol. The quantitative estimate of drug-likeness (QED) is 0.911. The molecule has 1 atom stereocenters. The van der Waals surface area contributed by atoms with Crippen molar-refractivity contribution < 1.29 is 9.59 Å². The summed E-state index contributed by atoms with van der Waals surface area (Å²) in [6.07, 6.45) is 1.28. The topological polar surface area (TPSA) is 49.4 Å². The van der Waals surface area contributed by atoms with Gasteiger partial charge in [-0.05, 0) is 36.6 Å². The van der Waals surface area contributed by atoms with Crippen molar-refractivity contribution in [2.45, 2.75) is 33.2 Å². The van der Waals surface area contributed by atoms with Crippen molar-refractivity contribution >= 4 is 17.5 Å². The van der Waals surface area contributed by atoms with Crippen LogP contribution in [-0.4, -0.2) is 18.4 Å². The highest BCUT2D eigenvalue weighted by molar-refractivity contribution is 6.00. The van der Waals surface area contributed by atoms with Gasteiger partial charge in [0.1, 0.15) is 0 Å². The van der Waals surface area contributed by atoms with Crippen molar-refractivity contribution in [3.05, 3.63) is 65.2 Å². The molecular formula is C21H24N2O2. The minimum Gasteiger partial charge on any atom is -0.352 e. The third-order valence-electron chi connectivity index (χ3n) is 4.74. The van der Waals surface area contributed by atoms with E-state index in [2.05, 4.69) is 24.4 Å². The second kappa shape index (κ2) is 7.51. The van der Waals surface area contributed by atoms with Gasteiger partial charge in [-0.3, -0.25) is 9.59 Å². The number of hydrogen-bond acceptors (Lipinski definition) is 2. The Morgan fingerprint density at radius 2 is 1.72 bits per heavy atom. The maximum Gasteiger partial charge on any atom is 0.227 e. The van der Waals surface area contributed by atoms with Gasteiger partial charge in [0.25, 0.3) is 0 Å². The number of carbonyl (C=O) groups is 2. The molecule has 0 bridgehead atoms. The zero-order valence-electron chi connectivity index (χ0n) is 14.8. The van der Waals surface area contributed by atoms with Gasteiger partial charge in [-0.1, -0.05) is 48.9 Å². The number of carbonyl (C=O) groups excluding carboxylic acids is 2. The maximum atomic E-state index is 12.4. The van der Waals surface area contributed by atoms with Gasteiger partial charge in [-0.25, -0.2) is 0 Å². The standard InChI is InChI=1S/C21H24N2O2/c1-3-16-6-8-17(9-7-16)13-22-21(25)18-12-20(24)23(14-18)19-10-4-15(2)5-11-19/h4-11,18H,3,12-14H2,1-2H3,(H,22,25). The number of amides is 2. The van der Waals surface area contributed by atoms with E-state index < -0.39 is 0 Å². The van der Waals surface area contributed by atoms with E-state index in [9.17, 15) is 9.59 Å². The number of rotatable bonds is 5. The maximum absolute atomic E-state index is 12.4. The molecule has 0 saturated carbocycles. The van der Waals surface area contributed by atoms with E-state index in [4.69, 9.17) is 0 Å². The van der Waals surface area contributed by atoms with Crippen LogP contribution in [0.4, 0.5) is 5.69 Å². The minimum absolute atomic E-state index is 0.0105. The fraction of sp³-hybridized carbons (Fsp3) is 0.333. The highest BCUT2D eigenvalue weighted by atomic mass is 16.2. The smallest absolute Gasteiger partial charge is 0.227 e. The van der Waals surface area contributed by atoms with Crippen LogP contribution in [0.15, 0.2) is 48.5 Å². The van der Waals surface area contributed by atoms with Gasteiger partial charge in [-0.15, -0.1) is 0 Å². The molecule has 1 aliphatic rings. The predicted molar refractivity (Wildman–Crippen MR) is 99.3 cm³/mol. The van der Waals surface area contributed by atoms with Crippen molar-refractivity contribution in [3.63, 3.8) is 0 Å². The Balaban J connectivity index is 1.57. The van der Waals surface area contributed by atoms with Gasteiger partial charge < -0.3 is 10.2 Å². The number of hydrogen-bond donors (Lipinski definition) is 1. The summed E-state index contributed by atoms with van der Waals surface area (Å²) >= 11 is 0. The summed E-state index contributed by atoms with van der Waals surface area (Å²) in [6.45, 7) is 5.08. The summed E-state index contributed by atoms with van der Waals surface area (Å²) in [5.41, 5.74) is 4.37. The first-order chi connectivity index (χ1) is 12.1. The third kappa shape index (κ3) is 4.08. The van der Waals surface area contributed by atoms with E-state index in [0.717, 1.165) is 23.2 Å². The lowest BCUT2D eigenvalue weighted by Gasteiger charge is -2.17. The van der Waals surface area contributed by atoms with Crippen LogP contribution in [0.5, 0.6) is 0 Å². The lowest BCUT2D eigenvalue weighted by atomic mass is 10.1. The molecule has 1 aliphatic heterocycles. The molecule has 2 aromatic carbocycles. The van der Waals surface area contributed by atoms with E-state index in [0.29, 0.717) is 13.1 Å². The Morgan fingerprint density at radius 1 is 1.08 bits per heavy atom. The Kier molecular flexibility index (Phi) is 5.17. The Bertz CT molecular complexity index is 750. The molecule has 0 radical (unpaired) electrons. The fourth-order valence-electron chi connectivity index (χ4n) is 3.08. The van der Waals surface area contributed by atoms with Crippen LogP contribution in [0.25, 0.3) is 0 Å². The summed E-state index contributed by atoms with van der Waals surface area (Å²) < 4.78 is 0. The van der Waals surface area contributed by atoms with Crippen LogP contribution in [0.2, 0.25) is 0 Å². The predicted octanol–water partition coefficient (Wildman–Crippen LogP) is 3.23. The number of nitrogens with zero attached hydrogens (tertiary/aromatic N) is 1. The third-order valence-corrected chi connectivity index (χ3v) is 4.74. The van der Waals surface area contributed by atoms with Gasteiger partial charge in [0.05, 0.1) is 5.92 Å². The molecule has 130 valence electrons. The molecule has 2 amide bonds. The van der Waals surface area contributed by atoms with E-state index in [1.165, 1.54) is 5.56 Å². The highest BCUT2D eigenvalue weighted by Gasteiger charge is 2.34. The first kappa shape index (κ1) is 17.2. The second-order valence-corrected chi connectivity index (χ2v) is 6.63. The first-order valence-corrected chi connectivity index (χ1v) is 8.79. The van der Waals surface area contributed by atoms with Gasteiger partial charge in [0.2, 0.25) is 11.8 Å². The molecule has 4 nitrogen and oxygen atoms in total. The molecule has 4 heteroatoms. The van der Waals surface area contributed by atoms with E-state index >= 15 is 0 Å². The highest BCUT2D eigenvalue weighted by Crippen LogP contribution is 2.25. The van der Waals surface area contributed by atoms with Crippen LogP contribution in [-0.2, 0) is 22.6 Å². The van der Waals surface area contributed by atoms with Crippen molar-refractivity contribution in [3.8, 4) is 0 Å². The van der Waals surface area contributed by atoms with Gasteiger partial charge in [0.15, 0.2) is 0 Å². The summed E-state index contributed by atoms with van der Waals surface area (Å²) in [6, 6.07) is 16.1. The van der Waals surface area contributed by atoms with Crippen molar-refractivity contribution in [2.75, 3.05) is 11.4 Å². The van der Waals surface area contributed by atoms with Crippen molar-refractivity contribution in [1.29, 1.82) is 0 Å². The average molecular weight is 336 g/mol. The Hall–Kier alpha value is -2.62. The molecule has 0 aliphatic carbocycles. The minimum atomic E-state index is -0.288. The lowest BCUT2D eigenvalue weighted by molar-refractivity contribution is -0.126. The second-order valence-electron chi connectivity index (χ2n) is 6.63. The van der Waals surface area contributed by atoms with Gasteiger partial charge in [0, 0.05) is 25.2 Å². The fourth-order valence-corrected chi connectivity index (χ4v) is 3.08.